The number of methoxy groups -OCH3 is 2. The number of nitrogens with one attached hydrogen (secondary N) is 2. The number of guanidine groups is 1. The van der Waals surface area contributed by atoms with Crippen LogP contribution in [0.1, 0.15) is 27.2 Å². The zero-order chi connectivity index (χ0) is 20.7. The first-order valence-electron chi connectivity index (χ1n) is 9.15. The van der Waals surface area contributed by atoms with Crippen molar-refractivity contribution >= 4 is 41.3 Å². The molecule has 162 valence electrons. The molecule has 1 heterocycles. The Morgan fingerprint density at radius 3 is 2.38 bits per heavy atom. The Morgan fingerprint density at radius 2 is 1.86 bits per heavy atom. The molecule has 0 radical (unpaired) electrons. The zero-order valence-corrected chi connectivity index (χ0v) is 21.3. The summed E-state index contributed by atoms with van der Waals surface area (Å²) in [4.78, 5) is 12.2. The average molecular weight is 533 g/mol. The van der Waals surface area contributed by atoms with Crippen molar-refractivity contribution in [3.05, 3.63) is 39.3 Å². The number of hydrogen-bond acceptors (Lipinski definition) is 6. The Balaban J connectivity index is 0.00000420. The highest BCUT2D eigenvalue weighted by atomic mass is 127. The Bertz CT molecular complexity index is 810. The first kappa shape index (κ1) is 25.4. The largest absolute Gasteiger partial charge is 0.493 e. The van der Waals surface area contributed by atoms with Crippen molar-refractivity contribution in [3.63, 3.8) is 0 Å². The highest BCUT2D eigenvalue weighted by molar-refractivity contribution is 14.0. The minimum absolute atomic E-state index is 0. The van der Waals surface area contributed by atoms with Crippen molar-refractivity contribution in [2.45, 2.75) is 26.4 Å². The van der Waals surface area contributed by atoms with Gasteiger partial charge in [0.1, 0.15) is 0 Å². The van der Waals surface area contributed by atoms with Crippen LogP contribution in [0.2, 0.25) is 0 Å². The third-order valence-corrected chi connectivity index (χ3v) is 5.59. The molecule has 0 amide bonds. The molecule has 9 heteroatoms. The van der Waals surface area contributed by atoms with E-state index in [1.807, 2.05) is 26.0 Å². The number of likely N-dealkylation sites (N-methyl/N-ethyl adjacent to an activating group) is 1. The van der Waals surface area contributed by atoms with Crippen molar-refractivity contribution in [1.29, 1.82) is 0 Å². The first-order valence-corrected chi connectivity index (χ1v) is 9.97. The molecule has 7 nitrogen and oxygen atoms in total. The van der Waals surface area contributed by atoms with E-state index in [1.54, 1.807) is 32.6 Å². The van der Waals surface area contributed by atoms with Crippen molar-refractivity contribution in [1.82, 2.24) is 20.5 Å². The molecule has 1 atom stereocenters. The molecule has 29 heavy (non-hydrogen) atoms. The zero-order valence-electron chi connectivity index (χ0n) is 18.2. The predicted octanol–water partition coefficient (Wildman–Crippen LogP) is 3.36. The van der Waals surface area contributed by atoms with Crippen LogP contribution in [0.5, 0.6) is 11.5 Å². The summed E-state index contributed by atoms with van der Waals surface area (Å²) in [6.45, 7) is 5.47. The summed E-state index contributed by atoms with van der Waals surface area (Å²) >= 11 is 1.71. The van der Waals surface area contributed by atoms with Crippen LogP contribution in [0.15, 0.2) is 23.2 Å². The van der Waals surface area contributed by atoms with E-state index in [0.29, 0.717) is 13.1 Å². The second-order valence-corrected chi connectivity index (χ2v) is 7.93. The number of hydrogen-bond donors (Lipinski definition) is 2. The van der Waals surface area contributed by atoms with E-state index in [1.165, 1.54) is 4.88 Å². The van der Waals surface area contributed by atoms with Gasteiger partial charge in [-0.3, -0.25) is 4.99 Å². The highest BCUT2D eigenvalue weighted by Crippen LogP contribution is 2.31. The van der Waals surface area contributed by atoms with Crippen LogP contribution in [0, 0.1) is 13.8 Å². The van der Waals surface area contributed by atoms with Gasteiger partial charge in [-0.2, -0.15) is 0 Å². The molecule has 2 rings (SSSR count). The summed E-state index contributed by atoms with van der Waals surface area (Å²) in [5, 5.41) is 7.88. The van der Waals surface area contributed by atoms with Gasteiger partial charge in [0.05, 0.1) is 37.5 Å². The molecule has 1 aromatic carbocycles. The molecule has 0 fully saturated rings. The third-order valence-electron chi connectivity index (χ3n) is 4.52. The number of benzene rings is 1. The van der Waals surface area contributed by atoms with E-state index in [2.05, 4.69) is 45.7 Å². The molecule has 0 bridgehead atoms. The van der Waals surface area contributed by atoms with Crippen molar-refractivity contribution in [3.8, 4) is 11.5 Å². The summed E-state index contributed by atoms with van der Waals surface area (Å²) in [5.74, 6) is 2.22. The summed E-state index contributed by atoms with van der Waals surface area (Å²) in [7, 11) is 9.19. The lowest BCUT2D eigenvalue weighted by Crippen LogP contribution is -2.41. The first-order chi connectivity index (χ1) is 13.4. The summed E-state index contributed by atoms with van der Waals surface area (Å²) in [6, 6.07) is 6.16. The van der Waals surface area contributed by atoms with E-state index < -0.39 is 0 Å². The molecule has 1 aromatic heterocycles. The van der Waals surface area contributed by atoms with Crippen molar-refractivity contribution < 1.29 is 9.47 Å². The van der Waals surface area contributed by atoms with Crippen molar-refractivity contribution in [2.24, 2.45) is 4.99 Å². The van der Waals surface area contributed by atoms with Gasteiger partial charge in [-0.1, -0.05) is 6.07 Å². The lowest BCUT2D eigenvalue weighted by molar-refractivity contribution is 0.295. The molecule has 0 spiro atoms. The number of aryl methyl sites for hydroxylation is 2. The number of aromatic nitrogens is 1. The third kappa shape index (κ3) is 7.00. The maximum atomic E-state index is 5.45. The maximum absolute atomic E-state index is 5.45. The maximum Gasteiger partial charge on any atom is 0.191 e. The van der Waals surface area contributed by atoms with Gasteiger partial charge in [0.15, 0.2) is 17.5 Å². The summed E-state index contributed by atoms with van der Waals surface area (Å²) < 4.78 is 10.8. The van der Waals surface area contributed by atoms with Crippen LogP contribution in [-0.2, 0) is 6.54 Å². The van der Waals surface area contributed by atoms with Crippen LogP contribution in [-0.4, -0.2) is 57.8 Å². The number of aliphatic imine (C=N–C) groups is 1. The molecule has 2 N–H and O–H groups in total. The number of rotatable bonds is 8. The Hall–Kier alpha value is -1.59. The van der Waals surface area contributed by atoms with Gasteiger partial charge < -0.3 is 25.0 Å². The van der Waals surface area contributed by atoms with Crippen LogP contribution < -0.4 is 20.1 Å². The highest BCUT2D eigenvalue weighted by Gasteiger charge is 2.17. The van der Waals surface area contributed by atoms with Gasteiger partial charge in [0.25, 0.3) is 0 Å². The number of nitrogens with zero attached hydrogens (tertiary/aromatic N) is 3. The molecule has 0 aliphatic heterocycles. The van der Waals surface area contributed by atoms with E-state index in [4.69, 9.17) is 9.47 Å². The molecule has 0 aliphatic rings. The topological polar surface area (TPSA) is 71.0 Å². The predicted molar refractivity (Wildman–Crippen MR) is 131 cm³/mol. The lowest BCUT2D eigenvalue weighted by Gasteiger charge is -2.26. The monoisotopic (exact) mass is 533 g/mol. The van der Waals surface area contributed by atoms with Gasteiger partial charge in [-0.15, -0.1) is 35.3 Å². The SMILES string of the molecule is CN=C(NCc1sc(C)nc1C)NCC(c1ccc(OC)c(OC)c1)N(C)C.I. The average Bonchev–Trinajstić information content (AvgIpc) is 3.00. The number of ether oxygens (including phenoxy) is 2. The molecule has 2 aromatic rings. The van der Waals surface area contributed by atoms with Gasteiger partial charge in [-0.25, -0.2) is 4.98 Å². The van der Waals surface area contributed by atoms with Crippen LogP contribution in [0.25, 0.3) is 0 Å². The normalized spacial score (nSPS) is 12.3. The fourth-order valence-corrected chi connectivity index (χ4v) is 3.85. The van der Waals surface area contributed by atoms with Gasteiger partial charge >= 0.3 is 0 Å². The summed E-state index contributed by atoms with van der Waals surface area (Å²) in [6.07, 6.45) is 0. The van der Waals surface area contributed by atoms with Crippen LogP contribution >= 0.6 is 35.3 Å². The molecule has 0 saturated heterocycles. The van der Waals surface area contributed by atoms with E-state index in [-0.39, 0.29) is 30.0 Å². The second kappa shape index (κ2) is 12.2. The smallest absolute Gasteiger partial charge is 0.191 e. The second-order valence-electron chi connectivity index (χ2n) is 6.64. The Kier molecular flexibility index (Phi) is 10.7. The van der Waals surface area contributed by atoms with E-state index >= 15 is 0 Å². The van der Waals surface area contributed by atoms with Crippen LogP contribution in [0.4, 0.5) is 0 Å². The van der Waals surface area contributed by atoms with Gasteiger partial charge in [0.2, 0.25) is 0 Å². The number of thiazole rings is 1. The Labute approximate surface area is 194 Å². The summed E-state index contributed by atoms with van der Waals surface area (Å²) in [5.41, 5.74) is 2.21. The standard InChI is InChI=1S/C20H31N5O2S.HI/c1-13-19(28-14(2)24-13)12-23-20(21-3)22-11-16(25(4)5)15-8-9-17(26-6)18(10-15)27-7;/h8-10,16H,11-12H2,1-7H3,(H2,21,22,23);1H. The lowest BCUT2D eigenvalue weighted by atomic mass is 10.1. The molecule has 0 saturated carbocycles. The fourth-order valence-electron chi connectivity index (χ4n) is 2.97. The van der Waals surface area contributed by atoms with Gasteiger partial charge in [-0.05, 0) is 45.6 Å². The minimum atomic E-state index is 0. The Morgan fingerprint density at radius 1 is 1.17 bits per heavy atom. The number of halogens is 1. The minimum Gasteiger partial charge on any atom is -0.493 e. The fraction of sp³-hybridized carbons (Fsp3) is 0.500. The van der Waals surface area contributed by atoms with E-state index in [9.17, 15) is 0 Å². The molecule has 0 aliphatic carbocycles. The van der Waals surface area contributed by atoms with E-state index in [0.717, 1.165) is 33.7 Å². The quantitative estimate of drug-likeness (QED) is 0.308. The molecular formula is C20H32IN5O2S. The molecule has 1 unspecified atom stereocenters. The molecular weight excluding hydrogens is 501 g/mol. The van der Waals surface area contributed by atoms with Crippen molar-refractivity contribution in [2.75, 3.05) is 41.9 Å². The van der Waals surface area contributed by atoms with Crippen LogP contribution in [0.3, 0.4) is 0 Å². The van der Waals surface area contributed by atoms with Gasteiger partial charge in [0, 0.05) is 18.5 Å².